The van der Waals surface area contributed by atoms with E-state index in [1.54, 1.807) is 12.3 Å². The van der Waals surface area contributed by atoms with Crippen molar-refractivity contribution in [1.82, 2.24) is 4.98 Å². The smallest absolute Gasteiger partial charge is 0.139 e. The Balaban J connectivity index is 2.28. The van der Waals surface area contributed by atoms with Crippen LogP contribution < -0.4 is 5.73 Å². The summed E-state index contributed by atoms with van der Waals surface area (Å²) in [6.07, 6.45) is 3.97. The molecule has 1 aromatic rings. The number of nitrogens with two attached hydrogens (primary N) is 1. The third-order valence-corrected chi connectivity index (χ3v) is 2.74. The molecule has 0 saturated heterocycles. The lowest BCUT2D eigenvalue weighted by Gasteiger charge is -2.10. The van der Waals surface area contributed by atoms with Gasteiger partial charge in [0.2, 0.25) is 0 Å². The molecule has 0 aromatic carbocycles. The summed E-state index contributed by atoms with van der Waals surface area (Å²) in [7, 11) is 0. The molecule has 1 atom stereocenters. The molecule has 1 heterocycles. The summed E-state index contributed by atoms with van der Waals surface area (Å²) in [4.78, 5) is 4.12. The van der Waals surface area contributed by atoms with E-state index in [-0.39, 0.29) is 11.8 Å². The fraction of sp³-hybridized carbons (Fsp3) is 0.444. The number of hydrogen-bond donors (Lipinski definition) is 2. The number of halogens is 1. The first kappa shape index (κ1) is 8.97. The Morgan fingerprint density at radius 2 is 2.31 bits per heavy atom. The van der Waals surface area contributed by atoms with Gasteiger partial charge in [0.1, 0.15) is 5.75 Å². The fourth-order valence-electron chi connectivity index (χ4n) is 1.37. The topological polar surface area (TPSA) is 59.1 Å². The maximum absolute atomic E-state index is 9.57. The second-order valence-electron chi connectivity index (χ2n) is 3.42. The highest BCUT2D eigenvalue weighted by molar-refractivity contribution is 9.10. The molecule has 0 amide bonds. The number of hydrogen-bond acceptors (Lipinski definition) is 3. The lowest BCUT2D eigenvalue weighted by atomic mass is 10.1. The van der Waals surface area contributed by atoms with Crippen molar-refractivity contribution in [3.8, 4) is 5.75 Å². The van der Waals surface area contributed by atoms with Gasteiger partial charge in [-0.05, 0) is 40.8 Å². The van der Waals surface area contributed by atoms with Crippen molar-refractivity contribution in [1.29, 1.82) is 0 Å². The van der Waals surface area contributed by atoms with Gasteiger partial charge < -0.3 is 10.8 Å². The number of aromatic hydroxyl groups is 1. The Morgan fingerprint density at radius 3 is 2.85 bits per heavy atom. The van der Waals surface area contributed by atoms with Gasteiger partial charge in [-0.3, -0.25) is 4.98 Å². The minimum Gasteiger partial charge on any atom is -0.506 e. The van der Waals surface area contributed by atoms with Gasteiger partial charge in [0, 0.05) is 10.7 Å². The van der Waals surface area contributed by atoms with E-state index < -0.39 is 0 Å². The molecule has 0 spiro atoms. The largest absolute Gasteiger partial charge is 0.506 e. The van der Waals surface area contributed by atoms with Gasteiger partial charge in [0.05, 0.1) is 11.7 Å². The average molecular weight is 243 g/mol. The zero-order valence-corrected chi connectivity index (χ0v) is 8.66. The van der Waals surface area contributed by atoms with Gasteiger partial charge in [0.25, 0.3) is 0 Å². The van der Waals surface area contributed by atoms with Crippen molar-refractivity contribution < 1.29 is 5.11 Å². The maximum Gasteiger partial charge on any atom is 0.139 e. The van der Waals surface area contributed by atoms with Crippen LogP contribution in [0.4, 0.5) is 0 Å². The van der Waals surface area contributed by atoms with Crippen LogP contribution in [0.15, 0.2) is 16.7 Å². The van der Waals surface area contributed by atoms with E-state index in [2.05, 4.69) is 20.9 Å². The molecule has 0 radical (unpaired) electrons. The molecular formula is C9H11BrN2O. The number of aromatic nitrogens is 1. The molecule has 2 rings (SSSR count). The van der Waals surface area contributed by atoms with Gasteiger partial charge in [-0.1, -0.05) is 0 Å². The summed E-state index contributed by atoms with van der Waals surface area (Å²) in [5.74, 6) is 0.702. The van der Waals surface area contributed by atoms with Crippen LogP contribution in [0, 0.1) is 5.92 Å². The van der Waals surface area contributed by atoms with Gasteiger partial charge in [-0.15, -0.1) is 0 Å². The third-order valence-electron chi connectivity index (χ3n) is 2.31. The molecule has 3 nitrogen and oxygen atoms in total. The van der Waals surface area contributed by atoms with Crippen molar-refractivity contribution in [2.75, 3.05) is 0 Å². The minimum absolute atomic E-state index is 0.104. The van der Waals surface area contributed by atoms with Crippen molar-refractivity contribution in [2.24, 2.45) is 11.7 Å². The van der Waals surface area contributed by atoms with E-state index in [0.29, 0.717) is 11.6 Å². The molecule has 0 aliphatic heterocycles. The van der Waals surface area contributed by atoms with Crippen LogP contribution in [0.25, 0.3) is 0 Å². The van der Waals surface area contributed by atoms with E-state index in [1.807, 2.05) is 0 Å². The van der Waals surface area contributed by atoms with Crippen LogP contribution in [0.1, 0.15) is 24.6 Å². The molecule has 1 aromatic heterocycles. The van der Waals surface area contributed by atoms with E-state index in [1.165, 1.54) is 0 Å². The number of nitrogens with zero attached hydrogens (tertiary/aromatic N) is 1. The predicted molar refractivity (Wildman–Crippen MR) is 53.3 cm³/mol. The van der Waals surface area contributed by atoms with Crippen LogP contribution in [0.2, 0.25) is 0 Å². The average Bonchev–Trinajstić information content (AvgIpc) is 2.85. The maximum atomic E-state index is 9.57. The molecule has 1 fully saturated rings. The molecule has 1 aliphatic rings. The van der Waals surface area contributed by atoms with Crippen molar-refractivity contribution in [3.05, 3.63) is 22.4 Å². The summed E-state index contributed by atoms with van der Waals surface area (Å²) in [6, 6.07) is 1.53. The van der Waals surface area contributed by atoms with Crippen LogP contribution in [0.3, 0.4) is 0 Å². The van der Waals surface area contributed by atoms with Crippen molar-refractivity contribution in [2.45, 2.75) is 18.9 Å². The highest BCUT2D eigenvalue weighted by Gasteiger charge is 2.31. The van der Waals surface area contributed by atoms with Gasteiger partial charge >= 0.3 is 0 Å². The Morgan fingerprint density at radius 1 is 1.62 bits per heavy atom. The van der Waals surface area contributed by atoms with E-state index in [4.69, 9.17) is 5.73 Å². The predicted octanol–water partition coefficient (Wildman–Crippen LogP) is 1.96. The summed E-state index contributed by atoms with van der Waals surface area (Å²) >= 11 is 3.23. The lowest BCUT2D eigenvalue weighted by Crippen LogP contribution is -2.14. The normalized spacial score (nSPS) is 18.6. The van der Waals surface area contributed by atoms with Gasteiger partial charge in [-0.25, -0.2) is 0 Å². The van der Waals surface area contributed by atoms with Gasteiger partial charge in [0.15, 0.2) is 0 Å². The zero-order chi connectivity index (χ0) is 9.42. The minimum atomic E-state index is -0.104. The summed E-state index contributed by atoms with van der Waals surface area (Å²) in [5, 5.41) is 9.57. The fourth-order valence-corrected chi connectivity index (χ4v) is 1.69. The first-order valence-electron chi connectivity index (χ1n) is 4.28. The first-order valence-corrected chi connectivity index (χ1v) is 5.08. The summed E-state index contributed by atoms with van der Waals surface area (Å²) in [5.41, 5.74) is 6.53. The lowest BCUT2D eigenvalue weighted by molar-refractivity contribution is 0.449. The van der Waals surface area contributed by atoms with Crippen LogP contribution in [-0.2, 0) is 0 Å². The molecule has 13 heavy (non-hydrogen) atoms. The third kappa shape index (κ3) is 1.84. The molecule has 1 saturated carbocycles. The van der Waals surface area contributed by atoms with Crippen molar-refractivity contribution >= 4 is 15.9 Å². The molecular weight excluding hydrogens is 232 g/mol. The molecule has 1 aliphatic carbocycles. The summed E-state index contributed by atoms with van der Waals surface area (Å²) < 4.78 is 0.775. The molecule has 0 unspecified atom stereocenters. The Labute approximate surface area is 85.1 Å². The molecule has 0 bridgehead atoms. The monoisotopic (exact) mass is 242 g/mol. The van der Waals surface area contributed by atoms with Crippen LogP contribution >= 0.6 is 15.9 Å². The Bertz CT molecular complexity index is 325. The SMILES string of the molecule is N[C@H](c1ncc(Br)cc1O)C1CC1. The summed E-state index contributed by atoms with van der Waals surface area (Å²) in [6.45, 7) is 0. The molecule has 4 heteroatoms. The standard InChI is InChI=1S/C9H11BrN2O/c10-6-3-7(13)9(12-4-6)8(11)5-1-2-5/h3-5,8,13H,1-2,11H2/t8-/m0/s1. The second kappa shape index (κ2) is 3.27. The second-order valence-corrected chi connectivity index (χ2v) is 4.34. The molecule has 3 N–H and O–H groups in total. The Hall–Kier alpha value is -0.610. The first-order chi connectivity index (χ1) is 6.18. The highest BCUT2D eigenvalue weighted by Crippen LogP contribution is 2.41. The zero-order valence-electron chi connectivity index (χ0n) is 7.07. The van der Waals surface area contributed by atoms with Crippen molar-refractivity contribution in [3.63, 3.8) is 0 Å². The highest BCUT2D eigenvalue weighted by atomic mass is 79.9. The van der Waals surface area contributed by atoms with E-state index in [0.717, 1.165) is 17.3 Å². The van der Waals surface area contributed by atoms with E-state index in [9.17, 15) is 5.11 Å². The van der Waals surface area contributed by atoms with Gasteiger partial charge in [-0.2, -0.15) is 0 Å². The number of rotatable bonds is 2. The molecule has 70 valence electrons. The van der Waals surface area contributed by atoms with Crippen LogP contribution in [0.5, 0.6) is 5.75 Å². The quantitative estimate of drug-likeness (QED) is 0.834. The number of pyridine rings is 1. The van der Waals surface area contributed by atoms with Crippen LogP contribution in [-0.4, -0.2) is 10.1 Å². The Kier molecular flexibility index (Phi) is 2.26. The van der Waals surface area contributed by atoms with E-state index >= 15 is 0 Å².